The predicted molar refractivity (Wildman–Crippen MR) is 111 cm³/mol. The highest BCUT2D eigenvalue weighted by atomic mass is 19.4. The third-order valence-corrected chi connectivity index (χ3v) is 5.17. The standard InChI is InChI=1S/C22H24F5N3O4/c1-3-21(23,24)33-13-16-9-18(34-17-7-5-15(6-8-17)22(25,26)27)12-30(16)20-28-10-14(11-29-20)19(31)32-4-2/h5-8,10-11,16,18H,3-4,9,12-13H2,1-2H3/t16-,18+/m0/s1. The number of alkyl halides is 5. The third-order valence-electron chi connectivity index (χ3n) is 5.17. The van der Waals surface area contributed by atoms with Gasteiger partial charge in [-0.3, -0.25) is 0 Å². The molecule has 12 heteroatoms. The first-order valence-corrected chi connectivity index (χ1v) is 10.6. The van der Waals surface area contributed by atoms with Gasteiger partial charge >= 0.3 is 18.3 Å². The molecule has 0 unspecified atom stereocenters. The van der Waals surface area contributed by atoms with E-state index in [0.717, 1.165) is 12.1 Å². The maximum atomic E-state index is 13.7. The van der Waals surface area contributed by atoms with Crippen molar-refractivity contribution < 1.29 is 41.0 Å². The molecule has 3 rings (SSSR count). The zero-order valence-electron chi connectivity index (χ0n) is 18.5. The number of esters is 1. The summed E-state index contributed by atoms with van der Waals surface area (Å²) >= 11 is 0. The van der Waals surface area contributed by atoms with Crippen molar-refractivity contribution in [1.82, 2.24) is 9.97 Å². The number of nitrogens with zero attached hydrogens (tertiary/aromatic N) is 3. The second-order valence-corrected chi connectivity index (χ2v) is 7.60. The molecule has 186 valence electrons. The van der Waals surface area contributed by atoms with Gasteiger partial charge in [0.15, 0.2) is 0 Å². The molecule has 2 atom stereocenters. The number of benzene rings is 1. The molecular weight excluding hydrogens is 465 g/mol. The summed E-state index contributed by atoms with van der Waals surface area (Å²) in [5, 5.41) is 0. The highest BCUT2D eigenvalue weighted by Gasteiger charge is 2.38. The van der Waals surface area contributed by atoms with E-state index in [1.807, 2.05) is 0 Å². The molecule has 34 heavy (non-hydrogen) atoms. The Morgan fingerprint density at radius 3 is 2.29 bits per heavy atom. The molecule has 0 aliphatic carbocycles. The third kappa shape index (κ3) is 6.52. The molecule has 2 aromatic rings. The topological polar surface area (TPSA) is 73.8 Å². The van der Waals surface area contributed by atoms with E-state index in [1.54, 1.807) is 11.8 Å². The minimum atomic E-state index is -4.47. The predicted octanol–water partition coefficient (Wildman–Crippen LogP) is 4.72. The Kier molecular flexibility index (Phi) is 7.90. The van der Waals surface area contributed by atoms with Crippen molar-refractivity contribution in [3.63, 3.8) is 0 Å². The van der Waals surface area contributed by atoms with Crippen LogP contribution in [0.4, 0.5) is 27.9 Å². The first-order valence-electron chi connectivity index (χ1n) is 10.6. The zero-order valence-corrected chi connectivity index (χ0v) is 18.5. The molecule has 1 aliphatic heterocycles. The van der Waals surface area contributed by atoms with Gasteiger partial charge in [-0.25, -0.2) is 14.8 Å². The lowest BCUT2D eigenvalue weighted by Gasteiger charge is -2.25. The van der Waals surface area contributed by atoms with E-state index >= 15 is 0 Å². The molecule has 0 N–H and O–H groups in total. The first-order chi connectivity index (χ1) is 16.0. The van der Waals surface area contributed by atoms with Crippen LogP contribution < -0.4 is 9.64 Å². The van der Waals surface area contributed by atoms with Gasteiger partial charge < -0.3 is 19.1 Å². The molecule has 0 spiro atoms. The summed E-state index contributed by atoms with van der Waals surface area (Å²) in [7, 11) is 0. The van der Waals surface area contributed by atoms with Gasteiger partial charge in [-0.15, -0.1) is 0 Å². The quantitative estimate of drug-likeness (QED) is 0.373. The van der Waals surface area contributed by atoms with Crippen molar-refractivity contribution in [3.8, 4) is 5.75 Å². The van der Waals surface area contributed by atoms with Crippen LogP contribution in [0.25, 0.3) is 0 Å². The Balaban J connectivity index is 1.75. The molecule has 1 aromatic carbocycles. The Morgan fingerprint density at radius 1 is 1.09 bits per heavy atom. The van der Waals surface area contributed by atoms with Crippen LogP contribution in [0.3, 0.4) is 0 Å². The van der Waals surface area contributed by atoms with Crippen LogP contribution in [0.1, 0.15) is 42.6 Å². The van der Waals surface area contributed by atoms with Gasteiger partial charge in [-0.05, 0) is 31.2 Å². The van der Waals surface area contributed by atoms with Gasteiger partial charge in [0.05, 0.1) is 36.9 Å². The van der Waals surface area contributed by atoms with Crippen LogP contribution in [0.5, 0.6) is 5.75 Å². The van der Waals surface area contributed by atoms with Gasteiger partial charge in [0.2, 0.25) is 5.95 Å². The number of carbonyl (C=O) groups excluding carboxylic acids is 1. The molecule has 1 saturated heterocycles. The Hall–Kier alpha value is -3.02. The summed E-state index contributed by atoms with van der Waals surface area (Å²) in [5.41, 5.74) is -0.677. The Labute approximate surface area is 192 Å². The smallest absolute Gasteiger partial charge is 0.416 e. The molecular formula is C22H24F5N3O4. The fourth-order valence-electron chi connectivity index (χ4n) is 3.39. The van der Waals surface area contributed by atoms with E-state index in [-0.39, 0.29) is 43.4 Å². The molecule has 0 radical (unpaired) electrons. The number of hydrogen-bond acceptors (Lipinski definition) is 7. The fourth-order valence-corrected chi connectivity index (χ4v) is 3.39. The summed E-state index contributed by atoms with van der Waals surface area (Å²) in [6, 6.07) is 3.62. The lowest BCUT2D eigenvalue weighted by molar-refractivity contribution is -0.241. The maximum absolute atomic E-state index is 13.7. The summed E-state index contributed by atoms with van der Waals surface area (Å²) < 4.78 is 81.2. The van der Waals surface area contributed by atoms with Crippen LogP contribution in [0.2, 0.25) is 0 Å². The number of hydrogen-bond donors (Lipinski definition) is 0. The number of carbonyl (C=O) groups is 1. The van der Waals surface area contributed by atoms with Gasteiger partial charge in [0, 0.05) is 25.2 Å². The molecule has 1 fully saturated rings. The van der Waals surface area contributed by atoms with E-state index in [1.165, 1.54) is 31.5 Å². The summed E-state index contributed by atoms with van der Waals surface area (Å²) in [6.07, 6.45) is -6.06. The van der Waals surface area contributed by atoms with Crippen LogP contribution in [0, 0.1) is 0 Å². The molecule has 7 nitrogen and oxygen atoms in total. The molecule has 1 aromatic heterocycles. The van der Waals surface area contributed by atoms with Crippen molar-refractivity contribution in [3.05, 3.63) is 47.8 Å². The van der Waals surface area contributed by atoms with Crippen molar-refractivity contribution in [2.24, 2.45) is 0 Å². The van der Waals surface area contributed by atoms with Gasteiger partial charge in [-0.1, -0.05) is 6.92 Å². The average Bonchev–Trinajstić information content (AvgIpc) is 3.20. The number of rotatable bonds is 9. The minimum Gasteiger partial charge on any atom is -0.489 e. The lowest BCUT2D eigenvalue weighted by Crippen LogP contribution is -2.37. The van der Waals surface area contributed by atoms with E-state index in [2.05, 4.69) is 9.97 Å². The normalized spacial score (nSPS) is 18.7. The largest absolute Gasteiger partial charge is 0.489 e. The van der Waals surface area contributed by atoms with Crippen molar-refractivity contribution in [1.29, 1.82) is 0 Å². The highest BCUT2D eigenvalue weighted by molar-refractivity contribution is 5.88. The summed E-state index contributed by atoms with van der Waals surface area (Å²) in [4.78, 5) is 21.7. The van der Waals surface area contributed by atoms with E-state index in [9.17, 15) is 26.7 Å². The summed E-state index contributed by atoms with van der Waals surface area (Å²) in [5.74, 6) is -0.224. The highest BCUT2D eigenvalue weighted by Crippen LogP contribution is 2.32. The number of anilines is 1. The maximum Gasteiger partial charge on any atom is 0.416 e. The van der Waals surface area contributed by atoms with E-state index in [0.29, 0.717) is 0 Å². The van der Waals surface area contributed by atoms with E-state index < -0.39 is 42.4 Å². The molecule has 1 aliphatic rings. The fraction of sp³-hybridized carbons (Fsp3) is 0.500. The van der Waals surface area contributed by atoms with Gasteiger partial charge in [0.1, 0.15) is 11.9 Å². The summed E-state index contributed by atoms with van der Waals surface area (Å²) in [6.45, 7) is 2.95. The Morgan fingerprint density at radius 2 is 1.74 bits per heavy atom. The average molecular weight is 489 g/mol. The molecule has 0 bridgehead atoms. The second kappa shape index (κ2) is 10.5. The number of aromatic nitrogens is 2. The van der Waals surface area contributed by atoms with Crippen molar-refractivity contribution >= 4 is 11.9 Å². The van der Waals surface area contributed by atoms with Crippen molar-refractivity contribution in [2.75, 3.05) is 24.7 Å². The van der Waals surface area contributed by atoms with E-state index in [4.69, 9.17) is 14.2 Å². The van der Waals surface area contributed by atoms with Crippen LogP contribution >= 0.6 is 0 Å². The Bertz CT molecular complexity index is 955. The van der Waals surface area contributed by atoms with Gasteiger partial charge in [0.25, 0.3) is 0 Å². The molecule has 0 saturated carbocycles. The minimum absolute atomic E-state index is 0.132. The first kappa shape index (κ1) is 25.6. The second-order valence-electron chi connectivity index (χ2n) is 7.60. The zero-order chi connectivity index (χ0) is 24.9. The van der Waals surface area contributed by atoms with Crippen LogP contribution in [0.15, 0.2) is 36.7 Å². The monoisotopic (exact) mass is 489 g/mol. The van der Waals surface area contributed by atoms with Crippen LogP contribution in [-0.2, 0) is 15.7 Å². The lowest BCUT2D eigenvalue weighted by atomic mass is 10.2. The molecule has 2 heterocycles. The molecule has 0 amide bonds. The van der Waals surface area contributed by atoms with Gasteiger partial charge in [-0.2, -0.15) is 22.0 Å². The van der Waals surface area contributed by atoms with Crippen LogP contribution in [-0.4, -0.2) is 54.0 Å². The van der Waals surface area contributed by atoms with Crippen molar-refractivity contribution in [2.45, 2.75) is 51.1 Å². The number of ether oxygens (including phenoxy) is 3. The SMILES string of the molecule is CCOC(=O)c1cnc(N2C[C@H](Oc3ccc(C(F)(F)F)cc3)C[C@H]2COC(F)(F)CC)nc1. The number of halogens is 5.